The average molecular weight is 217 g/mol. The van der Waals surface area contributed by atoms with Gasteiger partial charge in [-0.3, -0.25) is 0 Å². The Morgan fingerprint density at radius 3 is 2.69 bits per heavy atom. The van der Waals surface area contributed by atoms with E-state index >= 15 is 0 Å². The van der Waals surface area contributed by atoms with Crippen molar-refractivity contribution in [3.63, 3.8) is 0 Å². The van der Waals surface area contributed by atoms with Crippen LogP contribution in [0.4, 0.5) is 0 Å². The third-order valence-corrected chi connectivity index (χ3v) is 3.25. The number of para-hydroxylation sites is 2. The predicted octanol–water partition coefficient (Wildman–Crippen LogP) is 2.24. The molecule has 3 nitrogen and oxygen atoms in total. The minimum atomic E-state index is -0.171. The minimum Gasteiger partial charge on any atom is -0.331 e. The van der Waals surface area contributed by atoms with Gasteiger partial charge in [0.2, 0.25) is 0 Å². The number of imidazole rings is 1. The zero-order valence-electron chi connectivity index (χ0n) is 10.2. The molecule has 1 atom stereocenters. The molecule has 0 saturated carbocycles. The molecule has 0 spiro atoms. The fraction of sp³-hybridized carbons (Fsp3) is 0.462. The molecule has 16 heavy (non-hydrogen) atoms. The summed E-state index contributed by atoms with van der Waals surface area (Å²) in [6.07, 6.45) is 1.77. The van der Waals surface area contributed by atoms with Crippen molar-refractivity contribution in [2.75, 3.05) is 0 Å². The summed E-state index contributed by atoms with van der Waals surface area (Å²) in [5, 5.41) is 0. The van der Waals surface area contributed by atoms with Crippen LogP contribution in [0.25, 0.3) is 11.0 Å². The molecule has 0 aliphatic rings. The molecule has 1 unspecified atom stereocenters. The number of benzene rings is 1. The molecule has 1 aromatic heterocycles. The number of aromatic nitrogens is 2. The fourth-order valence-electron chi connectivity index (χ4n) is 1.84. The quantitative estimate of drug-likeness (QED) is 0.857. The van der Waals surface area contributed by atoms with Crippen LogP contribution < -0.4 is 5.73 Å². The first-order chi connectivity index (χ1) is 7.53. The molecule has 2 rings (SSSR count). The molecule has 0 radical (unpaired) electrons. The van der Waals surface area contributed by atoms with Gasteiger partial charge in [-0.25, -0.2) is 4.98 Å². The van der Waals surface area contributed by atoms with E-state index in [1.165, 1.54) is 5.52 Å². The molecule has 86 valence electrons. The zero-order valence-corrected chi connectivity index (χ0v) is 10.2. The molecule has 0 saturated heterocycles. The molecule has 2 aromatic rings. The standard InChI is InChI=1S/C13H19N3/c1-4-13(2,14)9-12-15-10-7-5-6-8-11(10)16(12)3/h5-8H,4,9,14H2,1-3H3. The summed E-state index contributed by atoms with van der Waals surface area (Å²) in [5.41, 5.74) is 8.23. The Kier molecular flexibility index (Phi) is 2.72. The third kappa shape index (κ3) is 1.95. The van der Waals surface area contributed by atoms with Crippen LogP contribution in [0.3, 0.4) is 0 Å². The lowest BCUT2D eigenvalue weighted by molar-refractivity contribution is 0.435. The molecule has 0 fully saturated rings. The second kappa shape index (κ2) is 3.91. The van der Waals surface area contributed by atoms with Gasteiger partial charge >= 0.3 is 0 Å². The normalized spacial score (nSPS) is 15.2. The summed E-state index contributed by atoms with van der Waals surface area (Å²) in [6, 6.07) is 8.18. The Morgan fingerprint density at radius 2 is 2.06 bits per heavy atom. The molecule has 3 heteroatoms. The van der Waals surface area contributed by atoms with Gasteiger partial charge < -0.3 is 10.3 Å². The van der Waals surface area contributed by atoms with Crippen molar-refractivity contribution < 1.29 is 0 Å². The van der Waals surface area contributed by atoms with Crippen LogP contribution in [-0.2, 0) is 13.5 Å². The van der Waals surface area contributed by atoms with E-state index < -0.39 is 0 Å². The number of nitrogens with zero attached hydrogens (tertiary/aromatic N) is 2. The highest BCUT2D eigenvalue weighted by Gasteiger charge is 2.19. The molecule has 0 aliphatic carbocycles. The van der Waals surface area contributed by atoms with Crippen molar-refractivity contribution in [2.45, 2.75) is 32.2 Å². The second-order valence-electron chi connectivity index (χ2n) is 4.76. The van der Waals surface area contributed by atoms with E-state index in [-0.39, 0.29) is 5.54 Å². The van der Waals surface area contributed by atoms with Gasteiger partial charge in [-0.15, -0.1) is 0 Å². The largest absolute Gasteiger partial charge is 0.331 e. The van der Waals surface area contributed by atoms with Crippen molar-refractivity contribution >= 4 is 11.0 Å². The Labute approximate surface area is 96.3 Å². The van der Waals surface area contributed by atoms with Crippen molar-refractivity contribution in [1.82, 2.24) is 9.55 Å². The number of aryl methyl sites for hydroxylation is 1. The van der Waals surface area contributed by atoms with Gasteiger partial charge in [-0.05, 0) is 25.5 Å². The van der Waals surface area contributed by atoms with Crippen LogP contribution in [0, 0.1) is 0 Å². The lowest BCUT2D eigenvalue weighted by atomic mass is 9.96. The van der Waals surface area contributed by atoms with E-state index in [0.29, 0.717) is 0 Å². The Hall–Kier alpha value is -1.35. The van der Waals surface area contributed by atoms with Crippen molar-refractivity contribution in [3.8, 4) is 0 Å². The molecule has 0 bridgehead atoms. The monoisotopic (exact) mass is 217 g/mol. The van der Waals surface area contributed by atoms with Gasteiger partial charge in [0.25, 0.3) is 0 Å². The van der Waals surface area contributed by atoms with Crippen molar-refractivity contribution in [2.24, 2.45) is 12.8 Å². The maximum Gasteiger partial charge on any atom is 0.111 e. The number of nitrogens with two attached hydrogens (primary N) is 1. The van der Waals surface area contributed by atoms with Gasteiger partial charge in [0.1, 0.15) is 5.82 Å². The first-order valence-corrected chi connectivity index (χ1v) is 5.73. The third-order valence-electron chi connectivity index (χ3n) is 3.25. The van der Waals surface area contributed by atoms with Crippen LogP contribution in [0.5, 0.6) is 0 Å². The van der Waals surface area contributed by atoms with E-state index in [1.807, 2.05) is 18.2 Å². The first kappa shape index (κ1) is 11.1. The molecule has 1 aromatic carbocycles. The van der Waals surface area contributed by atoms with E-state index in [9.17, 15) is 0 Å². The van der Waals surface area contributed by atoms with Gasteiger partial charge in [-0.2, -0.15) is 0 Å². The Morgan fingerprint density at radius 1 is 1.38 bits per heavy atom. The SMILES string of the molecule is CCC(C)(N)Cc1nc2ccccc2n1C. The van der Waals surface area contributed by atoms with Crippen LogP contribution in [0.2, 0.25) is 0 Å². The molecular weight excluding hydrogens is 198 g/mol. The highest BCUT2D eigenvalue weighted by atomic mass is 15.1. The van der Waals surface area contributed by atoms with Crippen LogP contribution in [0.1, 0.15) is 26.1 Å². The zero-order chi connectivity index (χ0) is 11.8. The topological polar surface area (TPSA) is 43.8 Å². The predicted molar refractivity (Wildman–Crippen MR) is 67.3 cm³/mol. The minimum absolute atomic E-state index is 0.171. The lowest BCUT2D eigenvalue weighted by Crippen LogP contribution is -2.38. The molecule has 0 amide bonds. The Bertz CT molecular complexity index is 497. The summed E-state index contributed by atoms with van der Waals surface area (Å²) >= 11 is 0. The number of hydrogen-bond donors (Lipinski definition) is 1. The summed E-state index contributed by atoms with van der Waals surface area (Å²) < 4.78 is 2.14. The van der Waals surface area contributed by atoms with E-state index in [4.69, 9.17) is 5.73 Å². The summed E-state index contributed by atoms with van der Waals surface area (Å²) in [6.45, 7) is 4.19. The van der Waals surface area contributed by atoms with E-state index in [1.54, 1.807) is 0 Å². The number of rotatable bonds is 3. The average Bonchev–Trinajstić information content (AvgIpc) is 2.56. The van der Waals surface area contributed by atoms with Crippen molar-refractivity contribution in [3.05, 3.63) is 30.1 Å². The van der Waals surface area contributed by atoms with Crippen LogP contribution in [0.15, 0.2) is 24.3 Å². The summed E-state index contributed by atoms with van der Waals surface area (Å²) in [7, 11) is 2.05. The van der Waals surface area contributed by atoms with Crippen molar-refractivity contribution in [1.29, 1.82) is 0 Å². The van der Waals surface area contributed by atoms with Crippen LogP contribution >= 0.6 is 0 Å². The van der Waals surface area contributed by atoms with E-state index in [0.717, 1.165) is 24.2 Å². The van der Waals surface area contributed by atoms with Gasteiger partial charge in [-0.1, -0.05) is 19.1 Å². The first-order valence-electron chi connectivity index (χ1n) is 5.73. The highest BCUT2D eigenvalue weighted by Crippen LogP contribution is 2.18. The summed E-state index contributed by atoms with van der Waals surface area (Å²) in [5.74, 6) is 1.06. The molecule has 2 N–H and O–H groups in total. The van der Waals surface area contributed by atoms with Gasteiger partial charge in [0.05, 0.1) is 11.0 Å². The molecular formula is C13H19N3. The Balaban J connectivity index is 2.42. The van der Waals surface area contributed by atoms with Gasteiger partial charge in [0, 0.05) is 19.0 Å². The lowest BCUT2D eigenvalue weighted by Gasteiger charge is -2.21. The van der Waals surface area contributed by atoms with E-state index in [2.05, 4.69) is 36.5 Å². The summed E-state index contributed by atoms with van der Waals surface area (Å²) in [4.78, 5) is 4.63. The highest BCUT2D eigenvalue weighted by molar-refractivity contribution is 5.75. The second-order valence-corrected chi connectivity index (χ2v) is 4.76. The molecule has 0 aliphatic heterocycles. The number of fused-ring (bicyclic) bond motifs is 1. The number of hydrogen-bond acceptors (Lipinski definition) is 2. The maximum atomic E-state index is 6.19. The van der Waals surface area contributed by atoms with Crippen LogP contribution in [-0.4, -0.2) is 15.1 Å². The van der Waals surface area contributed by atoms with Gasteiger partial charge in [0.15, 0.2) is 0 Å². The molecule has 1 heterocycles. The fourth-order valence-corrected chi connectivity index (χ4v) is 1.84. The maximum absolute atomic E-state index is 6.19. The smallest absolute Gasteiger partial charge is 0.111 e.